The van der Waals surface area contributed by atoms with E-state index >= 15 is 0 Å². The molecule has 8 nitrogen and oxygen atoms in total. The lowest BCUT2D eigenvalue weighted by atomic mass is 9.79. The third-order valence-corrected chi connectivity index (χ3v) is 8.55. The van der Waals surface area contributed by atoms with E-state index in [0.29, 0.717) is 19.1 Å². The van der Waals surface area contributed by atoms with Gasteiger partial charge >= 0.3 is 5.97 Å². The Hall–Kier alpha value is -2.36. The zero-order chi connectivity index (χ0) is 25.0. The number of likely N-dealkylation sites (tertiary alicyclic amines) is 1. The van der Waals surface area contributed by atoms with Crippen LogP contribution >= 0.6 is 11.8 Å². The van der Waals surface area contributed by atoms with Gasteiger partial charge in [-0.3, -0.25) is 14.6 Å². The van der Waals surface area contributed by atoms with E-state index in [0.717, 1.165) is 78.1 Å². The predicted molar refractivity (Wildman–Crippen MR) is 136 cm³/mol. The maximum atomic E-state index is 11.6. The van der Waals surface area contributed by atoms with Gasteiger partial charge in [0.25, 0.3) is 0 Å². The topological polar surface area (TPSA) is 88.0 Å². The number of aromatic nitrogens is 2. The number of carboxylic acids is 1. The smallest absolute Gasteiger partial charge is 0.309 e. The third kappa shape index (κ3) is 5.57. The van der Waals surface area contributed by atoms with Crippen molar-refractivity contribution in [2.24, 2.45) is 11.3 Å². The van der Waals surface area contributed by atoms with Gasteiger partial charge in [0, 0.05) is 36.5 Å². The Labute approximate surface area is 212 Å². The molecule has 1 unspecified atom stereocenters. The average Bonchev–Trinajstić information content (AvgIpc) is 2.87. The van der Waals surface area contributed by atoms with E-state index in [-0.39, 0.29) is 0 Å². The zero-order valence-corrected chi connectivity index (χ0v) is 21.9. The van der Waals surface area contributed by atoms with Gasteiger partial charge in [-0.2, -0.15) is 0 Å². The predicted octanol–water partition coefficient (Wildman–Crippen LogP) is 5.18. The van der Waals surface area contributed by atoms with Crippen molar-refractivity contribution < 1.29 is 19.4 Å². The van der Waals surface area contributed by atoms with E-state index in [1.54, 1.807) is 38.4 Å². The molecule has 1 atom stereocenters. The highest BCUT2D eigenvalue weighted by molar-refractivity contribution is 7.99. The minimum absolute atomic E-state index is 0.392. The van der Waals surface area contributed by atoms with Crippen molar-refractivity contribution in [3.8, 4) is 5.75 Å². The lowest BCUT2D eigenvalue weighted by Gasteiger charge is -2.35. The van der Waals surface area contributed by atoms with E-state index < -0.39 is 11.4 Å². The monoisotopic (exact) mass is 500 g/mol. The Balaban J connectivity index is 1.44. The van der Waals surface area contributed by atoms with Crippen LogP contribution < -0.4 is 9.64 Å². The van der Waals surface area contributed by atoms with Gasteiger partial charge in [-0.15, -0.1) is 0 Å². The number of fused-ring (bicyclic) bond motifs is 2. The molecule has 1 aromatic heterocycles. The second-order valence-electron chi connectivity index (χ2n) is 9.74. The Bertz CT molecular complexity index is 1040. The quantitative estimate of drug-likeness (QED) is 0.474. The van der Waals surface area contributed by atoms with Crippen molar-refractivity contribution >= 4 is 29.2 Å². The molecule has 0 bridgehead atoms. The van der Waals surface area contributed by atoms with Crippen molar-refractivity contribution in [2.45, 2.75) is 62.4 Å². The number of nitrogens with zero attached hydrogens (tertiary/aromatic N) is 4. The summed E-state index contributed by atoms with van der Waals surface area (Å²) in [6.07, 6.45) is 8.02. The van der Waals surface area contributed by atoms with Crippen LogP contribution in [0.2, 0.25) is 0 Å². The van der Waals surface area contributed by atoms with Gasteiger partial charge < -0.3 is 14.6 Å². The van der Waals surface area contributed by atoms with Gasteiger partial charge in [0.05, 0.1) is 18.2 Å². The van der Waals surface area contributed by atoms with Crippen molar-refractivity contribution in [2.75, 3.05) is 38.9 Å². The molecule has 1 saturated heterocycles. The highest BCUT2D eigenvalue weighted by atomic mass is 32.2. The number of benzene rings is 1. The molecule has 2 aromatic rings. The molecule has 190 valence electrons. The fourth-order valence-electron chi connectivity index (χ4n) is 4.88. The zero-order valence-electron chi connectivity index (χ0n) is 21.1. The highest BCUT2D eigenvalue weighted by Gasteiger charge is 2.32. The standard InChI is InChI=1S/C26H36N4O4S/c1-5-26(2,25(31)32)9-6-18-7-12-29(13-8-18)16-19-14-20-22(15-21(19)34-4)35-24-23(27-10-11-28-24)30(20)17-33-3/h10-11,14-15,18H,5-9,12-13,16-17H2,1-4H3,(H,31,32). The first-order valence-electron chi connectivity index (χ1n) is 12.3. The molecule has 2 aliphatic rings. The van der Waals surface area contributed by atoms with Crippen molar-refractivity contribution in [1.29, 1.82) is 0 Å². The van der Waals surface area contributed by atoms with Crippen LogP contribution in [-0.2, 0) is 16.1 Å². The first-order valence-corrected chi connectivity index (χ1v) is 13.1. The molecule has 9 heteroatoms. The van der Waals surface area contributed by atoms with Crippen LogP contribution in [0.3, 0.4) is 0 Å². The van der Waals surface area contributed by atoms with E-state index in [4.69, 9.17) is 9.47 Å². The molecular formula is C26H36N4O4S. The molecule has 3 heterocycles. The molecule has 2 aliphatic heterocycles. The summed E-state index contributed by atoms with van der Waals surface area (Å²) < 4.78 is 11.3. The van der Waals surface area contributed by atoms with Gasteiger partial charge in [-0.25, -0.2) is 9.97 Å². The third-order valence-electron chi connectivity index (χ3n) is 7.52. The van der Waals surface area contributed by atoms with Crippen molar-refractivity contribution in [3.63, 3.8) is 0 Å². The van der Waals surface area contributed by atoms with Gasteiger partial charge in [0.15, 0.2) is 5.82 Å². The SMILES string of the molecule is CCC(C)(CCC1CCN(Cc2cc3c(cc2OC)Sc2nccnc2N3COC)CC1)C(=O)O. The summed E-state index contributed by atoms with van der Waals surface area (Å²) >= 11 is 1.60. The molecule has 1 fully saturated rings. The largest absolute Gasteiger partial charge is 0.496 e. The fourth-order valence-corrected chi connectivity index (χ4v) is 5.90. The lowest BCUT2D eigenvalue weighted by molar-refractivity contribution is -0.148. The fraction of sp³-hybridized carbons (Fsp3) is 0.577. The maximum absolute atomic E-state index is 11.6. The molecule has 0 spiro atoms. The number of hydrogen-bond donors (Lipinski definition) is 1. The number of hydrogen-bond acceptors (Lipinski definition) is 8. The molecule has 0 aliphatic carbocycles. The van der Waals surface area contributed by atoms with Gasteiger partial charge in [-0.1, -0.05) is 18.7 Å². The number of anilines is 2. The van der Waals surface area contributed by atoms with Crippen molar-refractivity contribution in [3.05, 3.63) is 30.1 Å². The number of carboxylic acid groups (broad SMARTS) is 1. The lowest BCUT2D eigenvalue weighted by Crippen LogP contribution is -2.34. The summed E-state index contributed by atoms with van der Waals surface area (Å²) in [6.45, 7) is 7.06. The van der Waals surface area contributed by atoms with Crippen LogP contribution in [0.25, 0.3) is 0 Å². The summed E-state index contributed by atoms with van der Waals surface area (Å²) in [5.41, 5.74) is 1.59. The molecule has 0 radical (unpaired) electrons. The average molecular weight is 501 g/mol. The van der Waals surface area contributed by atoms with E-state index in [1.165, 1.54) is 0 Å². The van der Waals surface area contributed by atoms with E-state index in [2.05, 4.69) is 31.9 Å². The van der Waals surface area contributed by atoms with Gasteiger partial charge in [0.2, 0.25) is 0 Å². The number of rotatable bonds is 10. The Kier molecular flexibility index (Phi) is 8.19. The minimum Gasteiger partial charge on any atom is -0.496 e. The number of carbonyl (C=O) groups is 1. The molecule has 0 saturated carbocycles. The number of piperidine rings is 1. The minimum atomic E-state index is -0.675. The van der Waals surface area contributed by atoms with Crippen LogP contribution in [0.15, 0.2) is 34.4 Å². The Morgan fingerprint density at radius 3 is 2.63 bits per heavy atom. The molecule has 4 rings (SSSR count). The van der Waals surface area contributed by atoms with Crippen LogP contribution in [0.5, 0.6) is 5.75 Å². The second-order valence-corrected chi connectivity index (χ2v) is 10.8. The van der Waals surface area contributed by atoms with Gasteiger partial charge in [0.1, 0.15) is 17.5 Å². The van der Waals surface area contributed by atoms with Gasteiger partial charge in [-0.05, 0) is 70.2 Å². The normalized spacial score (nSPS) is 18.0. The Morgan fingerprint density at radius 2 is 1.97 bits per heavy atom. The summed E-state index contributed by atoms with van der Waals surface area (Å²) in [4.78, 5) is 26.3. The number of ether oxygens (including phenoxy) is 2. The first-order chi connectivity index (χ1) is 16.9. The molecule has 0 amide bonds. The van der Waals surface area contributed by atoms with Crippen LogP contribution in [0, 0.1) is 11.3 Å². The number of methoxy groups -OCH3 is 2. The summed E-state index contributed by atoms with van der Waals surface area (Å²) in [6, 6.07) is 4.29. The van der Waals surface area contributed by atoms with Crippen LogP contribution in [0.1, 0.15) is 51.5 Å². The number of aliphatic carboxylic acids is 1. The summed E-state index contributed by atoms with van der Waals surface area (Å²) in [5.74, 6) is 1.60. The van der Waals surface area contributed by atoms with Crippen LogP contribution in [0.4, 0.5) is 11.5 Å². The molecule has 1 aromatic carbocycles. The second kappa shape index (κ2) is 11.1. The molecular weight excluding hydrogens is 464 g/mol. The van der Waals surface area contributed by atoms with Crippen LogP contribution in [-0.4, -0.2) is 60.0 Å². The summed E-state index contributed by atoms with van der Waals surface area (Å²) in [5, 5.41) is 10.4. The molecule has 35 heavy (non-hydrogen) atoms. The highest BCUT2D eigenvalue weighted by Crippen LogP contribution is 2.48. The molecule has 1 N–H and O–H groups in total. The first kappa shape index (κ1) is 25.7. The van der Waals surface area contributed by atoms with Crippen molar-refractivity contribution in [1.82, 2.24) is 14.9 Å². The van der Waals surface area contributed by atoms with E-state index in [1.807, 2.05) is 13.8 Å². The maximum Gasteiger partial charge on any atom is 0.309 e. The summed E-state index contributed by atoms with van der Waals surface area (Å²) in [7, 11) is 3.41. The van der Waals surface area contributed by atoms with E-state index in [9.17, 15) is 9.90 Å². The Morgan fingerprint density at radius 1 is 1.23 bits per heavy atom.